The lowest BCUT2D eigenvalue weighted by atomic mass is 10.2. The van der Waals surface area contributed by atoms with Gasteiger partial charge in [-0.25, -0.2) is 9.36 Å². The highest BCUT2D eigenvalue weighted by molar-refractivity contribution is 6.30. The molecule has 0 fully saturated rings. The Labute approximate surface area is 176 Å². The number of halogens is 4. The average Bonchev–Trinajstić information content (AvgIpc) is 2.70. The Hall–Kier alpha value is -3.60. The molecule has 0 aliphatic rings. The number of benzene rings is 2. The molecule has 2 aromatic carbocycles. The van der Waals surface area contributed by atoms with Gasteiger partial charge in [0, 0.05) is 18.1 Å². The topological polar surface area (TPSA) is 96.4 Å². The van der Waals surface area contributed by atoms with Gasteiger partial charge in [-0.15, -0.1) is 0 Å². The maximum absolute atomic E-state index is 13.0. The summed E-state index contributed by atoms with van der Waals surface area (Å²) < 4.78 is 45.0. The van der Waals surface area contributed by atoms with Crippen molar-refractivity contribution in [2.24, 2.45) is 7.05 Å². The van der Waals surface area contributed by atoms with Crippen LogP contribution in [0.2, 0.25) is 5.02 Å². The average molecular weight is 456 g/mol. The highest BCUT2D eigenvalue weighted by Crippen LogP contribution is 2.29. The molecule has 3 rings (SSSR count). The van der Waals surface area contributed by atoms with Crippen LogP contribution in [-0.4, -0.2) is 14.1 Å². The largest absolute Gasteiger partial charge is 0.489 e. The molecule has 12 heteroatoms. The third kappa shape index (κ3) is 4.61. The van der Waals surface area contributed by atoms with E-state index in [-0.39, 0.29) is 23.0 Å². The third-order valence-electron chi connectivity index (χ3n) is 4.31. The van der Waals surface area contributed by atoms with Crippen molar-refractivity contribution in [3.05, 3.63) is 95.8 Å². The predicted molar refractivity (Wildman–Crippen MR) is 105 cm³/mol. The summed E-state index contributed by atoms with van der Waals surface area (Å²) in [4.78, 5) is 35.3. The fraction of sp³-hybridized carbons (Fsp3) is 0.158. The smallest absolute Gasteiger partial charge is 0.431 e. The van der Waals surface area contributed by atoms with Crippen LogP contribution in [0.1, 0.15) is 11.3 Å². The second-order valence-corrected chi connectivity index (χ2v) is 6.80. The van der Waals surface area contributed by atoms with Crippen molar-refractivity contribution in [1.82, 2.24) is 9.13 Å². The van der Waals surface area contributed by atoms with E-state index in [1.807, 2.05) is 0 Å². The van der Waals surface area contributed by atoms with E-state index in [0.29, 0.717) is 9.59 Å². The summed E-state index contributed by atoms with van der Waals surface area (Å²) in [5, 5.41) is 12.0. The van der Waals surface area contributed by atoms with Gasteiger partial charge in [-0.2, -0.15) is 13.2 Å². The zero-order chi connectivity index (χ0) is 22.9. The van der Waals surface area contributed by atoms with Crippen LogP contribution in [0, 0.1) is 10.1 Å². The predicted octanol–water partition coefficient (Wildman–Crippen LogP) is 3.70. The summed E-state index contributed by atoms with van der Waals surface area (Å²) in [6, 6.07) is 10.2. The van der Waals surface area contributed by atoms with E-state index >= 15 is 0 Å². The second-order valence-electron chi connectivity index (χ2n) is 6.37. The Morgan fingerprint density at radius 1 is 1.10 bits per heavy atom. The van der Waals surface area contributed by atoms with Crippen LogP contribution in [-0.2, 0) is 19.8 Å². The minimum Gasteiger partial charge on any atom is -0.489 e. The van der Waals surface area contributed by atoms with Gasteiger partial charge in [0.25, 0.3) is 11.2 Å². The van der Waals surface area contributed by atoms with Gasteiger partial charge in [-0.3, -0.25) is 19.5 Å². The lowest BCUT2D eigenvalue weighted by Gasteiger charge is -2.14. The lowest BCUT2D eigenvalue weighted by Crippen LogP contribution is -2.40. The van der Waals surface area contributed by atoms with Gasteiger partial charge < -0.3 is 4.74 Å². The molecule has 162 valence electrons. The number of hydrogen-bond acceptors (Lipinski definition) is 5. The van der Waals surface area contributed by atoms with Gasteiger partial charge in [0.2, 0.25) is 0 Å². The van der Waals surface area contributed by atoms with Crippen molar-refractivity contribution in [2.75, 3.05) is 0 Å². The van der Waals surface area contributed by atoms with Crippen LogP contribution in [0.15, 0.2) is 58.1 Å². The Morgan fingerprint density at radius 2 is 1.74 bits per heavy atom. The first-order chi connectivity index (χ1) is 14.5. The molecule has 0 radical (unpaired) electrons. The monoisotopic (exact) mass is 455 g/mol. The fourth-order valence-corrected chi connectivity index (χ4v) is 2.92. The molecule has 1 aromatic heterocycles. The molecule has 0 N–H and O–H groups in total. The molecule has 0 bridgehead atoms. The standard InChI is InChI=1S/C19H13ClF3N3O5/c1-24-16(19(21,22)23)9-17(27)25(18(24)28)14-7-6-13(8-15(14)26(29)30)31-10-11-2-4-12(20)5-3-11/h2-9H,10H2,1H3. The molecule has 0 atom stereocenters. The zero-order valence-electron chi connectivity index (χ0n) is 15.7. The van der Waals surface area contributed by atoms with Crippen LogP contribution in [0.4, 0.5) is 18.9 Å². The van der Waals surface area contributed by atoms with E-state index in [4.69, 9.17) is 16.3 Å². The van der Waals surface area contributed by atoms with Crippen LogP contribution < -0.4 is 16.0 Å². The summed E-state index contributed by atoms with van der Waals surface area (Å²) in [5.74, 6) is 0.0576. The number of nitrogens with zero attached hydrogens (tertiary/aromatic N) is 3. The third-order valence-corrected chi connectivity index (χ3v) is 4.57. The number of aromatic nitrogens is 2. The van der Waals surface area contributed by atoms with Crippen molar-refractivity contribution >= 4 is 17.3 Å². The normalized spacial score (nSPS) is 11.4. The SMILES string of the molecule is Cn1c(C(F)(F)F)cc(=O)n(-c2ccc(OCc3ccc(Cl)cc3)cc2[N+](=O)[O-])c1=O. The number of ether oxygens (including phenoxy) is 1. The number of hydrogen-bond donors (Lipinski definition) is 0. The van der Waals surface area contributed by atoms with Gasteiger partial charge in [0.1, 0.15) is 23.7 Å². The maximum Gasteiger partial charge on any atom is 0.431 e. The summed E-state index contributed by atoms with van der Waals surface area (Å²) in [7, 11) is 0.816. The number of rotatable bonds is 5. The van der Waals surface area contributed by atoms with E-state index < -0.39 is 39.4 Å². The summed E-state index contributed by atoms with van der Waals surface area (Å²) in [5.41, 5.74) is -4.64. The zero-order valence-corrected chi connectivity index (χ0v) is 16.5. The molecule has 1 heterocycles. The van der Waals surface area contributed by atoms with E-state index in [1.54, 1.807) is 24.3 Å². The minimum atomic E-state index is -4.95. The van der Waals surface area contributed by atoms with Gasteiger partial charge in [0.05, 0.1) is 11.0 Å². The molecule has 0 amide bonds. The molecule has 8 nitrogen and oxygen atoms in total. The molecule has 0 aliphatic carbocycles. The lowest BCUT2D eigenvalue weighted by molar-refractivity contribution is -0.384. The molecule has 0 aliphatic heterocycles. The number of nitro benzene ring substituents is 1. The number of alkyl halides is 3. The van der Waals surface area contributed by atoms with Gasteiger partial charge >= 0.3 is 11.9 Å². The second kappa shape index (κ2) is 8.26. The van der Waals surface area contributed by atoms with Crippen molar-refractivity contribution in [3.8, 4) is 11.4 Å². The van der Waals surface area contributed by atoms with Gasteiger partial charge in [-0.05, 0) is 29.8 Å². The van der Waals surface area contributed by atoms with Crippen LogP contribution in [0.25, 0.3) is 5.69 Å². The first kappa shape index (κ1) is 22.1. The van der Waals surface area contributed by atoms with Crippen molar-refractivity contribution < 1.29 is 22.8 Å². The highest BCUT2D eigenvalue weighted by atomic mass is 35.5. The summed E-state index contributed by atoms with van der Waals surface area (Å²) in [6.45, 7) is 0.0513. The minimum absolute atomic E-state index is 0.0513. The molecular formula is C19H13ClF3N3O5. The van der Waals surface area contributed by atoms with Gasteiger partial charge in [0.15, 0.2) is 0 Å². The van der Waals surface area contributed by atoms with Crippen molar-refractivity contribution in [3.63, 3.8) is 0 Å². The van der Waals surface area contributed by atoms with Crippen molar-refractivity contribution in [2.45, 2.75) is 12.8 Å². The molecule has 0 unspecified atom stereocenters. The molecule has 31 heavy (non-hydrogen) atoms. The van der Waals surface area contributed by atoms with E-state index in [9.17, 15) is 32.9 Å². The Bertz CT molecular complexity index is 1270. The Kier molecular flexibility index (Phi) is 5.89. The van der Waals surface area contributed by atoms with E-state index in [2.05, 4.69) is 0 Å². The van der Waals surface area contributed by atoms with Gasteiger partial charge in [-0.1, -0.05) is 23.7 Å². The summed E-state index contributed by atoms with van der Waals surface area (Å²) in [6.07, 6.45) is -4.95. The molecular weight excluding hydrogens is 443 g/mol. The molecule has 0 saturated carbocycles. The molecule has 0 saturated heterocycles. The van der Waals surface area contributed by atoms with E-state index in [1.165, 1.54) is 6.07 Å². The Balaban J connectivity index is 2.04. The first-order valence-electron chi connectivity index (χ1n) is 8.55. The van der Waals surface area contributed by atoms with E-state index in [0.717, 1.165) is 24.7 Å². The van der Waals surface area contributed by atoms with Crippen LogP contribution >= 0.6 is 11.6 Å². The van der Waals surface area contributed by atoms with Crippen molar-refractivity contribution in [1.29, 1.82) is 0 Å². The maximum atomic E-state index is 13.0. The molecule has 3 aromatic rings. The molecule has 0 spiro atoms. The number of nitro groups is 1. The Morgan fingerprint density at radius 3 is 2.32 bits per heavy atom. The summed E-state index contributed by atoms with van der Waals surface area (Å²) >= 11 is 5.80. The fourth-order valence-electron chi connectivity index (χ4n) is 2.80. The first-order valence-corrected chi connectivity index (χ1v) is 8.93. The quantitative estimate of drug-likeness (QED) is 0.432. The van der Waals surface area contributed by atoms with Crippen LogP contribution in [0.5, 0.6) is 5.75 Å². The van der Waals surface area contributed by atoms with Crippen LogP contribution in [0.3, 0.4) is 0 Å². The highest BCUT2D eigenvalue weighted by Gasteiger charge is 2.35.